The Bertz CT molecular complexity index is 761. The van der Waals surface area contributed by atoms with Crippen LogP contribution in [-0.4, -0.2) is 11.1 Å². The molecular formula is C16H14N2O3. The van der Waals surface area contributed by atoms with E-state index >= 15 is 0 Å². The summed E-state index contributed by atoms with van der Waals surface area (Å²) in [5, 5.41) is 18.1. The fourth-order valence-corrected chi connectivity index (χ4v) is 1.91. The molecule has 106 valence electrons. The number of ether oxygens (including phenoxy) is 1. The number of nitriles is 1. The molecule has 0 amide bonds. The van der Waals surface area contributed by atoms with Crippen LogP contribution in [0, 0.1) is 25.2 Å². The van der Waals surface area contributed by atoms with Gasteiger partial charge in [0, 0.05) is 5.69 Å². The highest BCUT2D eigenvalue weighted by molar-refractivity contribution is 5.95. The van der Waals surface area contributed by atoms with Crippen LogP contribution in [0.4, 0.5) is 5.69 Å². The van der Waals surface area contributed by atoms with Gasteiger partial charge < -0.3 is 15.6 Å². The number of rotatable bonds is 3. The molecule has 0 aromatic heterocycles. The number of nitrogen functional groups attached to an aromatic ring is 1. The molecule has 0 bridgehead atoms. The lowest BCUT2D eigenvalue weighted by molar-refractivity contribution is 0.0697. The van der Waals surface area contributed by atoms with Gasteiger partial charge in [-0.3, -0.25) is 0 Å². The maximum Gasteiger partial charge on any atom is 0.337 e. The average molecular weight is 282 g/mol. The van der Waals surface area contributed by atoms with E-state index in [-0.39, 0.29) is 11.3 Å². The van der Waals surface area contributed by atoms with E-state index in [0.29, 0.717) is 22.6 Å². The van der Waals surface area contributed by atoms with Crippen molar-refractivity contribution in [1.82, 2.24) is 0 Å². The van der Waals surface area contributed by atoms with Crippen molar-refractivity contribution in [2.45, 2.75) is 13.8 Å². The van der Waals surface area contributed by atoms with Gasteiger partial charge >= 0.3 is 5.97 Å². The van der Waals surface area contributed by atoms with Gasteiger partial charge in [-0.15, -0.1) is 0 Å². The van der Waals surface area contributed by atoms with Crippen molar-refractivity contribution in [3.63, 3.8) is 0 Å². The first-order chi connectivity index (χ1) is 9.92. The molecule has 21 heavy (non-hydrogen) atoms. The summed E-state index contributed by atoms with van der Waals surface area (Å²) >= 11 is 0. The first-order valence-electron chi connectivity index (χ1n) is 6.24. The van der Waals surface area contributed by atoms with Gasteiger partial charge in [0.05, 0.1) is 17.2 Å². The topological polar surface area (TPSA) is 96.3 Å². The van der Waals surface area contributed by atoms with Gasteiger partial charge in [-0.05, 0) is 49.2 Å². The third-order valence-corrected chi connectivity index (χ3v) is 3.14. The van der Waals surface area contributed by atoms with Crippen LogP contribution >= 0.6 is 0 Å². The molecule has 5 heteroatoms. The Hall–Kier alpha value is -3.00. The lowest BCUT2D eigenvalue weighted by Crippen LogP contribution is -2.04. The smallest absolute Gasteiger partial charge is 0.337 e. The molecule has 0 aliphatic carbocycles. The number of carboxylic acid groups (broad SMARTS) is 1. The SMILES string of the molecule is Cc1ccc(C#N)cc1Oc1cc(C)c(N)c(C(=O)O)c1. The number of anilines is 1. The second-order valence-electron chi connectivity index (χ2n) is 4.70. The zero-order valence-electron chi connectivity index (χ0n) is 11.7. The molecule has 0 heterocycles. The molecule has 0 spiro atoms. The van der Waals surface area contributed by atoms with E-state index < -0.39 is 5.97 Å². The first-order valence-corrected chi connectivity index (χ1v) is 6.24. The summed E-state index contributed by atoms with van der Waals surface area (Å²) in [7, 11) is 0. The number of nitrogens with zero attached hydrogens (tertiary/aromatic N) is 1. The van der Waals surface area contributed by atoms with Gasteiger partial charge in [-0.1, -0.05) is 6.07 Å². The number of aryl methyl sites for hydroxylation is 2. The van der Waals surface area contributed by atoms with E-state index in [1.165, 1.54) is 6.07 Å². The zero-order chi connectivity index (χ0) is 15.6. The van der Waals surface area contributed by atoms with E-state index in [0.717, 1.165) is 5.56 Å². The Kier molecular flexibility index (Phi) is 3.81. The molecule has 5 nitrogen and oxygen atoms in total. The average Bonchev–Trinajstić information content (AvgIpc) is 2.44. The first kappa shape index (κ1) is 14.4. The molecule has 2 aromatic carbocycles. The Balaban J connectivity index is 2.45. The summed E-state index contributed by atoms with van der Waals surface area (Å²) in [6.45, 7) is 3.56. The molecule has 0 atom stereocenters. The second-order valence-corrected chi connectivity index (χ2v) is 4.70. The van der Waals surface area contributed by atoms with Crippen LogP contribution in [0.3, 0.4) is 0 Å². The summed E-state index contributed by atoms with van der Waals surface area (Å²) in [6, 6.07) is 10.2. The predicted molar refractivity (Wildman–Crippen MR) is 78.5 cm³/mol. The quantitative estimate of drug-likeness (QED) is 0.842. The van der Waals surface area contributed by atoms with E-state index in [1.807, 2.05) is 13.0 Å². The van der Waals surface area contributed by atoms with Crippen LogP contribution in [0.1, 0.15) is 27.0 Å². The molecule has 3 N–H and O–H groups in total. The molecule has 0 fully saturated rings. The summed E-state index contributed by atoms with van der Waals surface area (Å²) in [5.74, 6) is -0.226. The maximum atomic E-state index is 11.2. The summed E-state index contributed by atoms with van der Waals surface area (Å²) in [6.07, 6.45) is 0. The Morgan fingerprint density at radius 2 is 1.95 bits per heavy atom. The third-order valence-electron chi connectivity index (χ3n) is 3.14. The van der Waals surface area contributed by atoms with Crippen molar-refractivity contribution in [3.05, 3.63) is 52.6 Å². The molecule has 0 radical (unpaired) electrons. The number of aromatic carboxylic acids is 1. The van der Waals surface area contributed by atoms with Crippen molar-refractivity contribution < 1.29 is 14.6 Å². The number of hydrogen-bond acceptors (Lipinski definition) is 4. The van der Waals surface area contributed by atoms with Crippen molar-refractivity contribution in [2.75, 3.05) is 5.73 Å². The predicted octanol–water partition coefficient (Wildman–Crippen LogP) is 3.25. The van der Waals surface area contributed by atoms with Crippen LogP contribution in [0.25, 0.3) is 0 Å². The molecule has 0 aliphatic heterocycles. The van der Waals surface area contributed by atoms with Crippen LogP contribution < -0.4 is 10.5 Å². The van der Waals surface area contributed by atoms with Crippen LogP contribution in [0.2, 0.25) is 0 Å². The number of carbonyl (C=O) groups is 1. The van der Waals surface area contributed by atoms with E-state index in [4.69, 9.17) is 20.8 Å². The Morgan fingerprint density at radius 1 is 1.24 bits per heavy atom. The van der Waals surface area contributed by atoms with Crippen molar-refractivity contribution >= 4 is 11.7 Å². The van der Waals surface area contributed by atoms with Crippen molar-refractivity contribution in [1.29, 1.82) is 5.26 Å². The number of benzene rings is 2. The Morgan fingerprint density at radius 3 is 2.57 bits per heavy atom. The van der Waals surface area contributed by atoms with Gasteiger partial charge in [0.25, 0.3) is 0 Å². The Labute approximate surface area is 122 Å². The highest BCUT2D eigenvalue weighted by Gasteiger charge is 2.13. The van der Waals surface area contributed by atoms with Crippen LogP contribution in [0.15, 0.2) is 30.3 Å². The van der Waals surface area contributed by atoms with Gasteiger partial charge in [0.1, 0.15) is 11.5 Å². The van der Waals surface area contributed by atoms with Crippen LogP contribution in [-0.2, 0) is 0 Å². The minimum atomic E-state index is -1.11. The third kappa shape index (κ3) is 2.95. The van der Waals surface area contributed by atoms with E-state index in [1.54, 1.807) is 31.2 Å². The summed E-state index contributed by atoms with van der Waals surface area (Å²) < 4.78 is 5.71. The largest absolute Gasteiger partial charge is 0.478 e. The maximum absolute atomic E-state index is 11.2. The van der Waals surface area contributed by atoms with Gasteiger partial charge in [0.2, 0.25) is 0 Å². The van der Waals surface area contributed by atoms with Crippen molar-refractivity contribution in [2.24, 2.45) is 0 Å². The molecule has 0 aliphatic rings. The van der Waals surface area contributed by atoms with E-state index in [9.17, 15) is 4.79 Å². The number of carboxylic acids is 1. The van der Waals surface area contributed by atoms with Gasteiger partial charge in [-0.25, -0.2) is 4.79 Å². The molecular weight excluding hydrogens is 268 g/mol. The normalized spacial score (nSPS) is 9.95. The molecule has 2 rings (SSSR count). The second kappa shape index (κ2) is 5.55. The number of hydrogen-bond donors (Lipinski definition) is 2. The standard InChI is InChI=1S/C16H14N2O3/c1-9-3-4-11(8-17)6-14(9)21-12-5-10(2)15(18)13(7-12)16(19)20/h3-7H,18H2,1-2H3,(H,19,20). The lowest BCUT2D eigenvalue weighted by atomic mass is 10.1. The minimum Gasteiger partial charge on any atom is -0.478 e. The fraction of sp³-hybridized carbons (Fsp3) is 0.125. The number of nitrogens with two attached hydrogens (primary N) is 1. The zero-order valence-corrected chi connectivity index (χ0v) is 11.7. The van der Waals surface area contributed by atoms with Crippen molar-refractivity contribution in [3.8, 4) is 17.6 Å². The monoisotopic (exact) mass is 282 g/mol. The molecule has 0 saturated heterocycles. The minimum absolute atomic E-state index is 0.000842. The summed E-state index contributed by atoms with van der Waals surface area (Å²) in [4.78, 5) is 11.2. The van der Waals surface area contributed by atoms with Gasteiger partial charge in [0.15, 0.2) is 0 Å². The van der Waals surface area contributed by atoms with Gasteiger partial charge in [-0.2, -0.15) is 5.26 Å². The molecule has 2 aromatic rings. The highest BCUT2D eigenvalue weighted by Crippen LogP contribution is 2.30. The van der Waals surface area contributed by atoms with E-state index in [2.05, 4.69) is 0 Å². The molecule has 0 saturated carbocycles. The lowest BCUT2D eigenvalue weighted by Gasteiger charge is -2.12. The molecule has 0 unspecified atom stereocenters. The highest BCUT2D eigenvalue weighted by atomic mass is 16.5. The fourth-order valence-electron chi connectivity index (χ4n) is 1.91. The van der Waals surface area contributed by atoms with Crippen LogP contribution in [0.5, 0.6) is 11.5 Å². The summed E-state index contributed by atoms with van der Waals surface area (Å²) in [5.41, 5.74) is 7.91.